The summed E-state index contributed by atoms with van der Waals surface area (Å²) < 4.78 is 7.45. The molecule has 0 amide bonds. The molecule has 0 aliphatic carbocycles. The largest absolute Gasteiger partial charge is 0.481 e. The van der Waals surface area contributed by atoms with Crippen molar-refractivity contribution in [2.75, 3.05) is 5.75 Å². The number of aryl methyl sites for hydroxylation is 2. The van der Waals surface area contributed by atoms with Gasteiger partial charge in [0.05, 0.1) is 11.4 Å². The van der Waals surface area contributed by atoms with E-state index in [4.69, 9.17) is 9.52 Å². The summed E-state index contributed by atoms with van der Waals surface area (Å²) in [7, 11) is 0. The van der Waals surface area contributed by atoms with Gasteiger partial charge >= 0.3 is 5.97 Å². The lowest BCUT2D eigenvalue weighted by atomic mass is 10.2. The molecule has 2 rings (SSSR count). The molecule has 0 spiro atoms. The van der Waals surface area contributed by atoms with Crippen molar-refractivity contribution in [3.8, 4) is 0 Å². The molecule has 0 saturated heterocycles. The number of nitrogens with zero attached hydrogens (tertiary/aromatic N) is 4. The molecule has 2 heterocycles. The zero-order valence-electron chi connectivity index (χ0n) is 12.5. The first-order valence-electron chi connectivity index (χ1n) is 6.59. The van der Waals surface area contributed by atoms with E-state index in [0.29, 0.717) is 17.6 Å². The van der Waals surface area contributed by atoms with Crippen molar-refractivity contribution in [2.24, 2.45) is 0 Å². The summed E-state index contributed by atoms with van der Waals surface area (Å²) in [5.41, 5.74) is 0.851. The van der Waals surface area contributed by atoms with Crippen LogP contribution >= 0.6 is 11.8 Å². The maximum absolute atomic E-state index is 10.7. The molecule has 0 radical (unpaired) electrons. The monoisotopic (exact) mass is 310 g/mol. The Morgan fingerprint density at radius 1 is 1.38 bits per heavy atom. The van der Waals surface area contributed by atoms with Crippen molar-refractivity contribution >= 4 is 17.7 Å². The molecule has 7 nitrogen and oxygen atoms in total. The minimum Gasteiger partial charge on any atom is -0.481 e. The van der Waals surface area contributed by atoms with Crippen LogP contribution in [0.15, 0.2) is 9.57 Å². The minimum absolute atomic E-state index is 0.0557. The Morgan fingerprint density at radius 2 is 2.10 bits per heavy atom. The zero-order valence-corrected chi connectivity index (χ0v) is 13.3. The Hall–Kier alpha value is -1.83. The lowest BCUT2D eigenvalue weighted by Gasteiger charge is -2.09. The number of hydrogen-bond acceptors (Lipinski definition) is 6. The van der Waals surface area contributed by atoms with Crippen LogP contribution in [0.4, 0.5) is 0 Å². The van der Waals surface area contributed by atoms with E-state index in [0.717, 1.165) is 29.0 Å². The fourth-order valence-electron chi connectivity index (χ4n) is 1.85. The van der Waals surface area contributed by atoms with Gasteiger partial charge in [-0.3, -0.25) is 9.36 Å². The van der Waals surface area contributed by atoms with Crippen LogP contribution in [0, 0.1) is 13.8 Å². The normalized spacial score (nSPS) is 11.3. The van der Waals surface area contributed by atoms with Gasteiger partial charge in [-0.05, 0) is 13.8 Å². The molecule has 0 atom stereocenters. The molecule has 114 valence electrons. The molecule has 21 heavy (non-hydrogen) atoms. The third-order valence-electron chi connectivity index (χ3n) is 2.95. The maximum Gasteiger partial charge on any atom is 0.313 e. The van der Waals surface area contributed by atoms with Crippen LogP contribution in [0.3, 0.4) is 0 Å². The Labute approximate surface area is 126 Å². The first kappa shape index (κ1) is 15.6. The van der Waals surface area contributed by atoms with Crippen molar-refractivity contribution in [3.05, 3.63) is 23.2 Å². The molecule has 1 N–H and O–H groups in total. The van der Waals surface area contributed by atoms with Gasteiger partial charge in [-0.1, -0.05) is 25.6 Å². The summed E-state index contributed by atoms with van der Waals surface area (Å²) in [5.74, 6) is 1.38. The molecule has 0 bridgehead atoms. The fraction of sp³-hybridized carbons (Fsp3) is 0.538. The summed E-state index contributed by atoms with van der Waals surface area (Å²) in [5, 5.41) is 17.6. The van der Waals surface area contributed by atoms with Gasteiger partial charge in [-0.2, -0.15) is 0 Å². The minimum atomic E-state index is -0.886. The van der Waals surface area contributed by atoms with Gasteiger partial charge in [-0.25, -0.2) is 4.98 Å². The first-order valence-corrected chi connectivity index (χ1v) is 7.57. The van der Waals surface area contributed by atoms with E-state index in [-0.39, 0.29) is 11.7 Å². The zero-order chi connectivity index (χ0) is 15.6. The second-order valence-corrected chi connectivity index (χ2v) is 5.96. The van der Waals surface area contributed by atoms with Gasteiger partial charge in [0, 0.05) is 5.92 Å². The van der Waals surface area contributed by atoms with Crippen LogP contribution in [0.2, 0.25) is 0 Å². The van der Waals surface area contributed by atoms with E-state index in [9.17, 15) is 4.79 Å². The Morgan fingerprint density at radius 3 is 2.62 bits per heavy atom. The number of thioether (sulfide) groups is 1. The van der Waals surface area contributed by atoms with Gasteiger partial charge in [0.15, 0.2) is 5.16 Å². The second-order valence-electron chi connectivity index (χ2n) is 5.01. The van der Waals surface area contributed by atoms with Crippen LogP contribution in [0.5, 0.6) is 0 Å². The average Bonchev–Trinajstić information content (AvgIpc) is 2.92. The highest BCUT2D eigenvalue weighted by Gasteiger charge is 2.18. The summed E-state index contributed by atoms with van der Waals surface area (Å²) in [6, 6.07) is 0. The molecule has 0 aliphatic rings. The van der Waals surface area contributed by atoms with E-state index in [1.54, 1.807) is 0 Å². The maximum atomic E-state index is 10.7. The summed E-state index contributed by atoms with van der Waals surface area (Å²) in [4.78, 5) is 15.1. The summed E-state index contributed by atoms with van der Waals surface area (Å²) >= 11 is 1.14. The number of carbonyl (C=O) groups is 1. The predicted octanol–water partition coefficient (Wildman–Crippen LogP) is 2.23. The van der Waals surface area contributed by atoms with Gasteiger partial charge in [0.25, 0.3) is 0 Å². The molecular weight excluding hydrogens is 292 g/mol. The average molecular weight is 310 g/mol. The van der Waals surface area contributed by atoms with Gasteiger partial charge in [0.1, 0.15) is 18.1 Å². The topological polar surface area (TPSA) is 94.0 Å². The highest BCUT2D eigenvalue weighted by molar-refractivity contribution is 7.99. The number of rotatable bonds is 6. The third-order valence-corrected chi connectivity index (χ3v) is 3.90. The van der Waals surface area contributed by atoms with Crippen molar-refractivity contribution < 1.29 is 14.3 Å². The van der Waals surface area contributed by atoms with Gasteiger partial charge in [0.2, 0.25) is 5.89 Å². The molecule has 0 aliphatic heterocycles. The number of aliphatic carboxylic acids is 1. The molecule has 0 saturated carbocycles. The van der Waals surface area contributed by atoms with Crippen LogP contribution in [0.1, 0.15) is 42.9 Å². The van der Waals surface area contributed by atoms with E-state index in [2.05, 4.69) is 15.2 Å². The van der Waals surface area contributed by atoms with Crippen LogP contribution in [-0.4, -0.2) is 36.6 Å². The molecular formula is C13H18N4O3S. The molecule has 2 aromatic heterocycles. The summed E-state index contributed by atoms with van der Waals surface area (Å²) in [6.07, 6.45) is 0. The van der Waals surface area contributed by atoms with Crippen molar-refractivity contribution in [3.63, 3.8) is 0 Å². The van der Waals surface area contributed by atoms with Crippen molar-refractivity contribution in [2.45, 2.75) is 45.3 Å². The molecule has 0 fully saturated rings. The van der Waals surface area contributed by atoms with E-state index < -0.39 is 5.97 Å². The standard InChI is InChI=1S/C13H18N4O3S/c1-7(2)12-15-16-13(21-6-11(18)19)17(12)5-10-14-8(3)9(4)20-10/h7H,5-6H2,1-4H3,(H,18,19). The van der Waals surface area contributed by atoms with E-state index in [1.165, 1.54) is 0 Å². The van der Waals surface area contributed by atoms with Crippen LogP contribution < -0.4 is 0 Å². The lowest BCUT2D eigenvalue weighted by molar-refractivity contribution is -0.133. The third kappa shape index (κ3) is 3.63. The quantitative estimate of drug-likeness (QED) is 0.817. The Kier molecular flexibility index (Phi) is 4.66. The lowest BCUT2D eigenvalue weighted by Crippen LogP contribution is -2.09. The highest BCUT2D eigenvalue weighted by Crippen LogP contribution is 2.23. The van der Waals surface area contributed by atoms with Gasteiger partial charge < -0.3 is 9.52 Å². The fourth-order valence-corrected chi connectivity index (χ4v) is 2.52. The number of hydrogen-bond donors (Lipinski definition) is 1. The highest BCUT2D eigenvalue weighted by atomic mass is 32.2. The van der Waals surface area contributed by atoms with Crippen molar-refractivity contribution in [1.29, 1.82) is 0 Å². The number of aromatic nitrogens is 4. The Balaban J connectivity index is 2.29. The second kappa shape index (κ2) is 6.30. The van der Waals surface area contributed by atoms with E-state index >= 15 is 0 Å². The molecule has 8 heteroatoms. The van der Waals surface area contributed by atoms with Crippen LogP contribution in [-0.2, 0) is 11.3 Å². The smallest absolute Gasteiger partial charge is 0.313 e. The van der Waals surface area contributed by atoms with Crippen LogP contribution in [0.25, 0.3) is 0 Å². The summed E-state index contributed by atoms with van der Waals surface area (Å²) in [6.45, 7) is 8.17. The van der Waals surface area contributed by atoms with E-state index in [1.807, 2.05) is 32.3 Å². The SMILES string of the molecule is Cc1nc(Cn2c(SCC(=O)O)nnc2C(C)C)oc1C. The van der Waals surface area contributed by atoms with Crippen molar-refractivity contribution in [1.82, 2.24) is 19.7 Å². The molecule has 0 unspecified atom stereocenters. The number of carboxylic acid groups (broad SMARTS) is 1. The number of carboxylic acids is 1. The predicted molar refractivity (Wildman–Crippen MR) is 77.5 cm³/mol. The molecule has 0 aromatic carbocycles. The van der Waals surface area contributed by atoms with Gasteiger partial charge in [-0.15, -0.1) is 10.2 Å². The molecule has 2 aromatic rings. The number of oxazole rings is 1. The Bertz CT molecular complexity index is 628. The first-order chi connectivity index (χ1) is 9.88.